The lowest BCUT2D eigenvalue weighted by Crippen LogP contribution is -2.31. The van der Waals surface area contributed by atoms with Gasteiger partial charge in [-0.25, -0.2) is 0 Å². The Hall–Kier alpha value is -3.07. The number of nitrogens with one attached hydrogen (secondary N) is 1. The molecule has 0 spiro atoms. The van der Waals surface area contributed by atoms with Crippen molar-refractivity contribution < 1.29 is 19.3 Å². The van der Waals surface area contributed by atoms with Crippen LogP contribution < -0.4 is 5.32 Å². The first-order valence-electron chi connectivity index (χ1n) is 8.07. The molecule has 1 aliphatic heterocycles. The topological polar surface area (TPSA) is 110 Å². The highest BCUT2D eigenvalue weighted by molar-refractivity contribution is 9.10. The second kappa shape index (κ2) is 7.67. The summed E-state index contributed by atoms with van der Waals surface area (Å²) in [5.74, 6) is -1.10. The summed E-state index contributed by atoms with van der Waals surface area (Å²) < 4.78 is 0.709. The summed E-state index contributed by atoms with van der Waals surface area (Å²) >= 11 is 3.27. The molecule has 8 nitrogen and oxygen atoms in total. The van der Waals surface area contributed by atoms with Crippen LogP contribution in [0.15, 0.2) is 46.9 Å². The van der Waals surface area contributed by atoms with Gasteiger partial charge in [-0.15, -0.1) is 0 Å². The van der Waals surface area contributed by atoms with Crippen molar-refractivity contribution in [2.45, 2.75) is 12.8 Å². The van der Waals surface area contributed by atoms with Gasteiger partial charge in [-0.05, 0) is 30.7 Å². The highest BCUT2D eigenvalue weighted by Crippen LogP contribution is 2.26. The Morgan fingerprint density at radius 1 is 1.11 bits per heavy atom. The fraction of sp³-hybridized carbons (Fsp3) is 0.167. The standard InChI is InChI=1S/C18H14BrN3O5/c19-11-6-7-14-15(9-11)18(25)21(17(14)24)8-2-5-16(23)20-12-3-1-4-13(10-12)22(26)27/h1,3-4,6-7,9-10H,2,5,8H2,(H,20,23). The van der Waals surface area contributed by atoms with E-state index in [0.717, 1.165) is 4.90 Å². The molecule has 3 amide bonds. The van der Waals surface area contributed by atoms with Gasteiger partial charge in [0.25, 0.3) is 17.5 Å². The van der Waals surface area contributed by atoms with Crippen LogP contribution in [-0.4, -0.2) is 34.1 Å². The normalized spacial score (nSPS) is 12.9. The molecule has 1 N–H and O–H groups in total. The number of carbonyl (C=O) groups excluding carboxylic acids is 3. The van der Waals surface area contributed by atoms with E-state index in [-0.39, 0.29) is 42.8 Å². The summed E-state index contributed by atoms with van der Waals surface area (Å²) in [6.45, 7) is 0.117. The number of nitro groups is 1. The Balaban J connectivity index is 1.55. The van der Waals surface area contributed by atoms with Crippen molar-refractivity contribution >= 4 is 45.0 Å². The maximum atomic E-state index is 12.3. The van der Waals surface area contributed by atoms with Crippen LogP contribution in [0.2, 0.25) is 0 Å². The number of fused-ring (bicyclic) bond motifs is 1. The molecule has 0 radical (unpaired) electrons. The molecule has 0 aromatic heterocycles. The molecular weight excluding hydrogens is 418 g/mol. The van der Waals surface area contributed by atoms with Gasteiger partial charge in [-0.3, -0.25) is 29.4 Å². The number of halogens is 1. The molecule has 27 heavy (non-hydrogen) atoms. The second-order valence-electron chi connectivity index (χ2n) is 5.91. The molecule has 138 valence electrons. The van der Waals surface area contributed by atoms with E-state index < -0.39 is 4.92 Å². The van der Waals surface area contributed by atoms with E-state index in [1.165, 1.54) is 18.2 Å². The smallest absolute Gasteiger partial charge is 0.271 e. The number of carbonyl (C=O) groups is 3. The van der Waals surface area contributed by atoms with Gasteiger partial charge in [0.05, 0.1) is 16.1 Å². The lowest BCUT2D eigenvalue weighted by molar-refractivity contribution is -0.384. The fourth-order valence-electron chi connectivity index (χ4n) is 2.78. The van der Waals surface area contributed by atoms with Gasteiger partial charge >= 0.3 is 0 Å². The predicted octanol–water partition coefficient (Wildman–Crippen LogP) is 3.37. The summed E-state index contributed by atoms with van der Waals surface area (Å²) in [6.07, 6.45) is 0.354. The van der Waals surface area contributed by atoms with Crippen LogP contribution in [0.1, 0.15) is 33.6 Å². The Kier molecular flexibility index (Phi) is 5.31. The molecular formula is C18H14BrN3O5. The largest absolute Gasteiger partial charge is 0.326 e. The van der Waals surface area contributed by atoms with Crippen molar-refractivity contribution in [3.63, 3.8) is 0 Å². The average Bonchev–Trinajstić information content (AvgIpc) is 2.86. The van der Waals surface area contributed by atoms with Gasteiger partial charge in [0.2, 0.25) is 5.91 Å². The van der Waals surface area contributed by atoms with E-state index in [9.17, 15) is 24.5 Å². The fourth-order valence-corrected chi connectivity index (χ4v) is 3.15. The van der Waals surface area contributed by atoms with Gasteiger partial charge in [-0.2, -0.15) is 0 Å². The molecule has 2 aromatic rings. The van der Waals surface area contributed by atoms with Crippen molar-refractivity contribution in [2.24, 2.45) is 0 Å². The number of hydrogen-bond donors (Lipinski definition) is 1. The predicted molar refractivity (Wildman–Crippen MR) is 100 cm³/mol. The Morgan fingerprint density at radius 3 is 2.59 bits per heavy atom. The van der Waals surface area contributed by atoms with E-state index in [1.807, 2.05) is 0 Å². The Morgan fingerprint density at radius 2 is 1.85 bits per heavy atom. The quantitative estimate of drug-likeness (QED) is 0.428. The van der Waals surface area contributed by atoms with E-state index >= 15 is 0 Å². The van der Waals surface area contributed by atoms with Gasteiger partial charge in [0.1, 0.15) is 0 Å². The van der Waals surface area contributed by atoms with Crippen molar-refractivity contribution in [1.29, 1.82) is 0 Å². The molecule has 1 aliphatic rings. The number of benzene rings is 2. The molecule has 1 heterocycles. The zero-order valence-corrected chi connectivity index (χ0v) is 15.6. The van der Waals surface area contributed by atoms with Gasteiger partial charge in [0, 0.05) is 35.3 Å². The number of nitrogens with zero attached hydrogens (tertiary/aromatic N) is 2. The van der Waals surface area contributed by atoms with Crippen molar-refractivity contribution in [3.8, 4) is 0 Å². The molecule has 9 heteroatoms. The van der Waals surface area contributed by atoms with E-state index in [1.54, 1.807) is 24.3 Å². The molecule has 0 saturated heterocycles. The number of anilines is 1. The van der Waals surface area contributed by atoms with Crippen LogP contribution >= 0.6 is 15.9 Å². The SMILES string of the molecule is O=C(CCCN1C(=O)c2ccc(Br)cc2C1=O)Nc1cccc([N+](=O)[O-])c1. The first-order valence-corrected chi connectivity index (χ1v) is 8.86. The molecule has 0 saturated carbocycles. The lowest BCUT2D eigenvalue weighted by Gasteiger charge is -2.13. The Bertz CT molecular complexity index is 960. The average molecular weight is 432 g/mol. The maximum absolute atomic E-state index is 12.3. The zero-order valence-electron chi connectivity index (χ0n) is 14.0. The number of imide groups is 1. The summed E-state index contributed by atoms with van der Waals surface area (Å²) in [5, 5.41) is 13.3. The highest BCUT2D eigenvalue weighted by Gasteiger charge is 2.35. The van der Waals surface area contributed by atoms with Crippen LogP contribution in [0.25, 0.3) is 0 Å². The number of hydrogen-bond acceptors (Lipinski definition) is 5. The van der Waals surface area contributed by atoms with Crippen LogP contribution in [0, 0.1) is 10.1 Å². The number of nitro benzene ring substituents is 1. The van der Waals surface area contributed by atoms with E-state index in [4.69, 9.17) is 0 Å². The van der Waals surface area contributed by atoms with Crippen LogP contribution in [-0.2, 0) is 4.79 Å². The van der Waals surface area contributed by atoms with Crippen LogP contribution in [0.5, 0.6) is 0 Å². The van der Waals surface area contributed by atoms with Crippen LogP contribution in [0.4, 0.5) is 11.4 Å². The molecule has 3 rings (SSSR count). The monoisotopic (exact) mass is 431 g/mol. The minimum atomic E-state index is -0.545. The van der Waals surface area contributed by atoms with Gasteiger partial charge in [-0.1, -0.05) is 22.0 Å². The van der Waals surface area contributed by atoms with Gasteiger partial charge < -0.3 is 5.32 Å². The number of amides is 3. The second-order valence-corrected chi connectivity index (χ2v) is 6.83. The summed E-state index contributed by atoms with van der Waals surface area (Å²) in [6, 6.07) is 10.5. The minimum Gasteiger partial charge on any atom is -0.326 e. The van der Waals surface area contributed by atoms with Crippen LogP contribution in [0.3, 0.4) is 0 Å². The van der Waals surface area contributed by atoms with Gasteiger partial charge in [0.15, 0.2) is 0 Å². The minimum absolute atomic E-state index is 0.0692. The first kappa shape index (κ1) is 18.7. The first-order chi connectivity index (χ1) is 12.9. The lowest BCUT2D eigenvalue weighted by atomic mass is 10.1. The molecule has 0 aliphatic carbocycles. The van der Waals surface area contributed by atoms with E-state index in [0.29, 0.717) is 21.3 Å². The van der Waals surface area contributed by atoms with Crippen molar-refractivity contribution in [3.05, 3.63) is 68.2 Å². The summed E-state index contributed by atoms with van der Waals surface area (Å²) in [4.78, 5) is 48.0. The van der Waals surface area contributed by atoms with Crippen molar-refractivity contribution in [2.75, 3.05) is 11.9 Å². The van der Waals surface area contributed by atoms with E-state index in [2.05, 4.69) is 21.2 Å². The third-order valence-corrected chi connectivity index (χ3v) is 4.55. The maximum Gasteiger partial charge on any atom is 0.271 e. The number of non-ortho nitro benzene ring substituents is 1. The summed E-state index contributed by atoms with van der Waals surface area (Å²) in [5.41, 5.74) is 0.893. The third kappa shape index (κ3) is 4.03. The Labute approximate surface area is 162 Å². The van der Waals surface area contributed by atoms with Crippen molar-refractivity contribution in [1.82, 2.24) is 4.90 Å². The molecule has 0 atom stereocenters. The third-order valence-electron chi connectivity index (χ3n) is 4.06. The molecule has 2 aromatic carbocycles. The molecule has 0 bridgehead atoms. The molecule has 0 unspecified atom stereocenters. The zero-order chi connectivity index (χ0) is 19.6. The number of rotatable bonds is 6. The molecule has 0 fully saturated rings. The highest BCUT2D eigenvalue weighted by atomic mass is 79.9. The summed E-state index contributed by atoms with van der Waals surface area (Å²) in [7, 11) is 0.